The molecule has 2 aromatic rings. The van der Waals surface area contributed by atoms with Crippen molar-refractivity contribution in [3.63, 3.8) is 0 Å². The number of nitrogens with one attached hydrogen (secondary N) is 1. The third kappa shape index (κ3) is 2.95. The molecule has 0 saturated heterocycles. The second kappa shape index (κ2) is 6.30. The normalized spacial score (nSPS) is 12.7. The molecule has 2 aromatic heterocycles. The predicted octanol–water partition coefficient (Wildman–Crippen LogP) is 1.67. The van der Waals surface area contributed by atoms with Gasteiger partial charge in [0.2, 0.25) is 0 Å². The molecule has 0 aliphatic carbocycles. The molecule has 2 heterocycles. The summed E-state index contributed by atoms with van der Waals surface area (Å²) in [6.45, 7) is 7.17. The minimum atomic E-state index is 0.152. The topological polar surface area (TPSA) is 56.9 Å². The van der Waals surface area contributed by atoms with Crippen LogP contribution in [-0.2, 0) is 20.5 Å². The zero-order chi connectivity index (χ0) is 15.6. The number of ether oxygens (including phenoxy) is 1. The van der Waals surface area contributed by atoms with E-state index in [0.29, 0.717) is 0 Å². The van der Waals surface area contributed by atoms with Crippen LogP contribution in [0.1, 0.15) is 35.6 Å². The van der Waals surface area contributed by atoms with Crippen molar-refractivity contribution in [2.45, 2.75) is 33.2 Å². The van der Waals surface area contributed by atoms with Gasteiger partial charge in [-0.2, -0.15) is 10.2 Å². The van der Waals surface area contributed by atoms with E-state index in [0.717, 1.165) is 30.1 Å². The number of rotatable bonds is 6. The highest BCUT2D eigenvalue weighted by Gasteiger charge is 2.23. The molecule has 0 aliphatic heterocycles. The molecule has 0 aliphatic rings. The van der Waals surface area contributed by atoms with Gasteiger partial charge in [-0.15, -0.1) is 0 Å². The summed E-state index contributed by atoms with van der Waals surface area (Å²) in [5.74, 6) is 0.822. The second-order valence-corrected chi connectivity index (χ2v) is 5.31. The molecular weight excluding hydrogens is 266 g/mol. The molecule has 0 spiro atoms. The van der Waals surface area contributed by atoms with Crippen molar-refractivity contribution in [2.24, 2.45) is 14.1 Å². The largest absolute Gasteiger partial charge is 0.493 e. The Morgan fingerprint density at radius 2 is 2.00 bits per heavy atom. The first-order valence-electron chi connectivity index (χ1n) is 7.27. The molecule has 1 unspecified atom stereocenters. The summed E-state index contributed by atoms with van der Waals surface area (Å²) < 4.78 is 9.27. The zero-order valence-corrected chi connectivity index (χ0v) is 13.8. The number of aromatic nitrogens is 4. The van der Waals surface area contributed by atoms with Gasteiger partial charge in [0, 0.05) is 19.8 Å². The van der Waals surface area contributed by atoms with Crippen molar-refractivity contribution in [1.82, 2.24) is 24.9 Å². The van der Waals surface area contributed by atoms with Crippen LogP contribution in [0, 0.1) is 13.8 Å². The Morgan fingerprint density at radius 3 is 2.52 bits per heavy atom. The number of nitrogens with zero attached hydrogens (tertiary/aromatic N) is 4. The molecule has 1 atom stereocenters. The van der Waals surface area contributed by atoms with Crippen LogP contribution in [0.4, 0.5) is 0 Å². The van der Waals surface area contributed by atoms with Crippen LogP contribution in [0.25, 0.3) is 0 Å². The van der Waals surface area contributed by atoms with Crippen LogP contribution in [-0.4, -0.2) is 33.2 Å². The maximum atomic E-state index is 5.45. The smallest absolute Gasteiger partial charge is 0.161 e. The second-order valence-electron chi connectivity index (χ2n) is 5.31. The van der Waals surface area contributed by atoms with Crippen molar-refractivity contribution in [2.75, 3.05) is 13.7 Å². The number of hydrogen-bond donors (Lipinski definition) is 1. The van der Waals surface area contributed by atoms with E-state index in [1.807, 2.05) is 23.5 Å². The average Bonchev–Trinajstić information content (AvgIpc) is 2.93. The number of methoxy groups -OCH3 is 1. The highest BCUT2D eigenvalue weighted by atomic mass is 16.5. The fourth-order valence-electron chi connectivity index (χ4n) is 2.81. The minimum absolute atomic E-state index is 0.152. The van der Waals surface area contributed by atoms with Gasteiger partial charge < -0.3 is 10.1 Å². The molecular formula is C15H25N5O. The third-order valence-electron chi connectivity index (χ3n) is 4.02. The van der Waals surface area contributed by atoms with Crippen LogP contribution >= 0.6 is 0 Å². The first-order valence-corrected chi connectivity index (χ1v) is 7.27. The van der Waals surface area contributed by atoms with E-state index in [4.69, 9.17) is 4.74 Å². The zero-order valence-electron chi connectivity index (χ0n) is 13.8. The van der Waals surface area contributed by atoms with E-state index < -0.39 is 0 Å². The summed E-state index contributed by atoms with van der Waals surface area (Å²) >= 11 is 0. The Morgan fingerprint density at radius 1 is 1.29 bits per heavy atom. The lowest BCUT2D eigenvalue weighted by atomic mass is 10.0. The number of aryl methyl sites for hydroxylation is 3. The van der Waals surface area contributed by atoms with E-state index in [2.05, 4.69) is 36.3 Å². The Hall–Kier alpha value is -1.82. The van der Waals surface area contributed by atoms with E-state index in [-0.39, 0.29) is 6.04 Å². The molecule has 0 saturated carbocycles. The van der Waals surface area contributed by atoms with Crippen molar-refractivity contribution < 1.29 is 4.74 Å². The maximum Gasteiger partial charge on any atom is 0.161 e. The van der Waals surface area contributed by atoms with Gasteiger partial charge in [0.25, 0.3) is 0 Å². The molecule has 0 fully saturated rings. The molecule has 116 valence electrons. The van der Waals surface area contributed by atoms with Crippen molar-refractivity contribution in [3.05, 3.63) is 28.8 Å². The van der Waals surface area contributed by atoms with E-state index >= 15 is 0 Å². The van der Waals surface area contributed by atoms with E-state index in [1.54, 1.807) is 13.3 Å². The molecule has 21 heavy (non-hydrogen) atoms. The molecule has 2 rings (SSSR count). The summed E-state index contributed by atoms with van der Waals surface area (Å²) in [4.78, 5) is 0. The van der Waals surface area contributed by atoms with Crippen LogP contribution < -0.4 is 10.1 Å². The lowest BCUT2D eigenvalue weighted by Gasteiger charge is -2.20. The van der Waals surface area contributed by atoms with Gasteiger partial charge in [-0.3, -0.25) is 9.36 Å². The molecule has 1 N–H and O–H groups in total. The van der Waals surface area contributed by atoms with Gasteiger partial charge in [0.05, 0.1) is 30.7 Å². The number of hydrogen-bond acceptors (Lipinski definition) is 4. The number of likely N-dealkylation sites (N-methyl/N-ethyl adjacent to an activating group) is 1. The van der Waals surface area contributed by atoms with E-state index in [9.17, 15) is 0 Å². The molecule has 0 radical (unpaired) electrons. The van der Waals surface area contributed by atoms with Crippen LogP contribution in [0.2, 0.25) is 0 Å². The van der Waals surface area contributed by atoms with Crippen LogP contribution in [0.15, 0.2) is 6.20 Å². The molecule has 0 amide bonds. The van der Waals surface area contributed by atoms with Gasteiger partial charge >= 0.3 is 0 Å². The molecule has 6 heteroatoms. The molecule has 6 nitrogen and oxygen atoms in total. The first kappa shape index (κ1) is 15.6. The standard InChI is InChI=1S/C15H25N5O/c1-7-16-13(15-14(21-6)9-17-20(15)5)8-12-10(2)18-19(4)11(12)3/h9,13,16H,7-8H2,1-6H3. The predicted molar refractivity (Wildman–Crippen MR) is 82.6 cm³/mol. The monoisotopic (exact) mass is 291 g/mol. The highest BCUT2D eigenvalue weighted by Crippen LogP contribution is 2.28. The van der Waals surface area contributed by atoms with Gasteiger partial charge in [-0.05, 0) is 32.4 Å². The van der Waals surface area contributed by atoms with Crippen LogP contribution in [0.3, 0.4) is 0 Å². The Labute approximate surface area is 126 Å². The minimum Gasteiger partial charge on any atom is -0.493 e. The lowest BCUT2D eigenvalue weighted by Crippen LogP contribution is -2.26. The summed E-state index contributed by atoms with van der Waals surface area (Å²) in [6.07, 6.45) is 2.64. The van der Waals surface area contributed by atoms with Gasteiger partial charge in [-0.1, -0.05) is 6.92 Å². The highest BCUT2D eigenvalue weighted by molar-refractivity contribution is 5.32. The maximum absolute atomic E-state index is 5.45. The summed E-state index contributed by atoms with van der Waals surface area (Å²) in [5.41, 5.74) is 4.64. The first-order chi connectivity index (χ1) is 9.99. The Balaban J connectivity index is 2.37. The summed E-state index contributed by atoms with van der Waals surface area (Å²) in [6, 6.07) is 0.152. The van der Waals surface area contributed by atoms with Crippen molar-refractivity contribution >= 4 is 0 Å². The Kier molecular flexibility index (Phi) is 4.67. The van der Waals surface area contributed by atoms with Gasteiger partial charge in [-0.25, -0.2) is 0 Å². The van der Waals surface area contributed by atoms with Gasteiger partial charge in [0.1, 0.15) is 0 Å². The Bertz CT molecular complexity index is 614. The molecule has 0 bridgehead atoms. The quantitative estimate of drug-likeness (QED) is 0.879. The van der Waals surface area contributed by atoms with Crippen molar-refractivity contribution in [3.8, 4) is 5.75 Å². The van der Waals surface area contributed by atoms with Gasteiger partial charge in [0.15, 0.2) is 5.75 Å². The fraction of sp³-hybridized carbons (Fsp3) is 0.600. The summed E-state index contributed by atoms with van der Waals surface area (Å²) in [7, 11) is 5.62. The lowest BCUT2D eigenvalue weighted by molar-refractivity contribution is 0.394. The third-order valence-corrected chi connectivity index (χ3v) is 4.02. The fourth-order valence-corrected chi connectivity index (χ4v) is 2.81. The average molecular weight is 291 g/mol. The molecule has 0 aromatic carbocycles. The van der Waals surface area contributed by atoms with E-state index in [1.165, 1.54) is 11.3 Å². The summed E-state index contributed by atoms with van der Waals surface area (Å²) in [5, 5.41) is 12.4. The van der Waals surface area contributed by atoms with Crippen molar-refractivity contribution in [1.29, 1.82) is 0 Å². The van der Waals surface area contributed by atoms with Crippen LogP contribution in [0.5, 0.6) is 5.75 Å². The SMILES string of the molecule is CCNC(Cc1c(C)nn(C)c1C)c1c(OC)cnn1C.